The maximum Gasteiger partial charge on any atom is 0.233 e. The number of likely N-dealkylation sites (tertiary alicyclic amines) is 2. The molecular weight excluding hydrogens is 380 g/mol. The number of nitrogens with one attached hydrogen (secondary N) is 3. The maximum atomic E-state index is 11.6. The summed E-state index contributed by atoms with van der Waals surface area (Å²) in [5.74, 6) is 1.96. The van der Waals surface area contributed by atoms with Crippen molar-refractivity contribution in [3.8, 4) is 0 Å². The van der Waals surface area contributed by atoms with E-state index in [4.69, 9.17) is 9.41 Å². The van der Waals surface area contributed by atoms with Crippen molar-refractivity contribution in [3.63, 3.8) is 0 Å². The van der Waals surface area contributed by atoms with Crippen LogP contribution in [0.2, 0.25) is 0 Å². The summed E-state index contributed by atoms with van der Waals surface area (Å²) in [5, 5.41) is 9.85. The third-order valence-corrected chi connectivity index (χ3v) is 6.18. The van der Waals surface area contributed by atoms with Crippen molar-refractivity contribution in [3.05, 3.63) is 24.2 Å². The van der Waals surface area contributed by atoms with Crippen molar-refractivity contribution in [2.75, 3.05) is 52.9 Å². The topological polar surface area (TPSA) is 85.1 Å². The van der Waals surface area contributed by atoms with E-state index in [9.17, 15) is 4.79 Å². The molecule has 168 valence electrons. The van der Waals surface area contributed by atoms with Crippen LogP contribution in [0.4, 0.5) is 0 Å². The second-order valence-corrected chi connectivity index (χ2v) is 8.24. The molecule has 30 heavy (non-hydrogen) atoms. The van der Waals surface area contributed by atoms with Gasteiger partial charge in [-0.2, -0.15) is 0 Å². The molecule has 0 aliphatic carbocycles. The number of aliphatic imine (C=N–C) groups is 1. The standard InChI is InChI=1S/C22H38N6O2/c1-3-28-12-4-6-19(28)16-25-22(24-11-8-20-7-5-15-30-20)26-18-9-13-27(14-10-18)17-21(29)23-2/h5,7,15,18-19H,3-4,6,8-14,16-17H2,1-2H3,(H,23,29)(H2,24,25,26). The number of guanidine groups is 1. The van der Waals surface area contributed by atoms with Gasteiger partial charge >= 0.3 is 0 Å². The summed E-state index contributed by atoms with van der Waals surface area (Å²) in [6.45, 7) is 8.48. The fraction of sp³-hybridized carbons (Fsp3) is 0.727. The van der Waals surface area contributed by atoms with Gasteiger partial charge in [-0.15, -0.1) is 0 Å². The normalized spacial score (nSPS) is 21.7. The highest BCUT2D eigenvalue weighted by Gasteiger charge is 2.24. The molecule has 2 saturated heterocycles. The van der Waals surface area contributed by atoms with Crippen molar-refractivity contribution in [2.24, 2.45) is 4.99 Å². The van der Waals surface area contributed by atoms with Crippen LogP contribution in [0, 0.1) is 0 Å². The highest BCUT2D eigenvalue weighted by molar-refractivity contribution is 5.80. The molecule has 1 unspecified atom stereocenters. The van der Waals surface area contributed by atoms with E-state index in [2.05, 4.69) is 32.7 Å². The van der Waals surface area contributed by atoms with Crippen molar-refractivity contribution in [2.45, 2.75) is 51.1 Å². The van der Waals surface area contributed by atoms with Gasteiger partial charge in [0.05, 0.1) is 19.4 Å². The van der Waals surface area contributed by atoms with Crippen LogP contribution < -0.4 is 16.0 Å². The zero-order chi connectivity index (χ0) is 21.2. The lowest BCUT2D eigenvalue weighted by molar-refractivity contribution is -0.122. The molecule has 3 N–H and O–H groups in total. The van der Waals surface area contributed by atoms with Gasteiger partial charge in [0.25, 0.3) is 0 Å². The number of furan rings is 1. The number of piperidine rings is 1. The molecule has 3 rings (SSSR count). The Balaban J connectivity index is 1.51. The largest absolute Gasteiger partial charge is 0.469 e. The number of likely N-dealkylation sites (N-methyl/N-ethyl adjacent to an activating group) is 2. The molecule has 1 aromatic heterocycles. The molecule has 0 aromatic carbocycles. The molecule has 1 amide bonds. The van der Waals surface area contributed by atoms with E-state index in [0.717, 1.165) is 63.7 Å². The smallest absolute Gasteiger partial charge is 0.233 e. The second kappa shape index (κ2) is 12.0. The van der Waals surface area contributed by atoms with Crippen molar-refractivity contribution in [1.29, 1.82) is 0 Å². The monoisotopic (exact) mass is 418 g/mol. The van der Waals surface area contributed by atoms with E-state index < -0.39 is 0 Å². The summed E-state index contributed by atoms with van der Waals surface area (Å²) in [4.78, 5) is 21.3. The summed E-state index contributed by atoms with van der Waals surface area (Å²) in [5.41, 5.74) is 0. The van der Waals surface area contributed by atoms with Gasteiger partial charge in [-0.05, 0) is 50.9 Å². The summed E-state index contributed by atoms with van der Waals surface area (Å²) in [6, 6.07) is 4.86. The minimum Gasteiger partial charge on any atom is -0.469 e. The Bertz CT molecular complexity index is 655. The zero-order valence-electron chi connectivity index (χ0n) is 18.5. The predicted octanol–water partition coefficient (Wildman–Crippen LogP) is 1.05. The van der Waals surface area contributed by atoms with Crippen LogP contribution >= 0.6 is 0 Å². The fourth-order valence-electron chi connectivity index (χ4n) is 4.34. The van der Waals surface area contributed by atoms with Gasteiger partial charge < -0.3 is 20.4 Å². The van der Waals surface area contributed by atoms with E-state index in [1.54, 1.807) is 13.3 Å². The Morgan fingerprint density at radius 2 is 2.10 bits per heavy atom. The molecular formula is C22H38N6O2. The first-order valence-corrected chi connectivity index (χ1v) is 11.4. The Morgan fingerprint density at radius 1 is 1.27 bits per heavy atom. The lowest BCUT2D eigenvalue weighted by atomic mass is 10.1. The minimum atomic E-state index is 0.0836. The Kier molecular flexibility index (Phi) is 9.01. The molecule has 0 radical (unpaired) electrons. The third kappa shape index (κ3) is 7.02. The van der Waals surface area contributed by atoms with Crippen LogP contribution in [0.5, 0.6) is 0 Å². The van der Waals surface area contributed by atoms with Gasteiger partial charge in [-0.3, -0.25) is 19.6 Å². The first kappa shape index (κ1) is 22.6. The SMILES string of the molecule is CCN1CCCC1CN=C(NCCc1ccco1)NC1CCN(CC(=O)NC)CC1. The highest BCUT2D eigenvalue weighted by atomic mass is 16.3. The first-order chi connectivity index (χ1) is 14.7. The molecule has 2 aliphatic heterocycles. The summed E-state index contributed by atoms with van der Waals surface area (Å²) in [6.07, 6.45) is 7.08. The predicted molar refractivity (Wildman–Crippen MR) is 120 cm³/mol. The fourth-order valence-corrected chi connectivity index (χ4v) is 4.34. The van der Waals surface area contributed by atoms with Crippen molar-refractivity contribution >= 4 is 11.9 Å². The second-order valence-electron chi connectivity index (χ2n) is 8.24. The summed E-state index contributed by atoms with van der Waals surface area (Å²) in [7, 11) is 1.69. The number of amides is 1. The highest BCUT2D eigenvalue weighted by Crippen LogP contribution is 2.16. The molecule has 8 heteroatoms. The van der Waals surface area contributed by atoms with Crippen LogP contribution in [-0.2, 0) is 11.2 Å². The van der Waals surface area contributed by atoms with Gasteiger partial charge in [-0.25, -0.2) is 0 Å². The van der Waals surface area contributed by atoms with Gasteiger partial charge in [0.15, 0.2) is 5.96 Å². The van der Waals surface area contributed by atoms with E-state index in [-0.39, 0.29) is 5.91 Å². The first-order valence-electron chi connectivity index (χ1n) is 11.4. The minimum absolute atomic E-state index is 0.0836. The molecule has 1 aromatic rings. The van der Waals surface area contributed by atoms with Crippen molar-refractivity contribution in [1.82, 2.24) is 25.8 Å². The Hall–Kier alpha value is -2.06. The van der Waals surface area contributed by atoms with Gasteiger partial charge in [0.2, 0.25) is 5.91 Å². The van der Waals surface area contributed by atoms with E-state index >= 15 is 0 Å². The number of carbonyl (C=O) groups is 1. The van der Waals surface area contributed by atoms with Crippen LogP contribution in [0.15, 0.2) is 27.8 Å². The van der Waals surface area contributed by atoms with E-state index in [1.165, 1.54) is 19.4 Å². The van der Waals surface area contributed by atoms with Crippen molar-refractivity contribution < 1.29 is 9.21 Å². The maximum absolute atomic E-state index is 11.6. The van der Waals surface area contributed by atoms with Crippen LogP contribution in [0.25, 0.3) is 0 Å². The number of hydrogen-bond donors (Lipinski definition) is 3. The van der Waals surface area contributed by atoms with Gasteiger partial charge in [-0.1, -0.05) is 6.92 Å². The average molecular weight is 419 g/mol. The van der Waals surface area contributed by atoms with E-state index in [0.29, 0.717) is 18.6 Å². The number of carbonyl (C=O) groups excluding carboxylic acids is 1. The summed E-state index contributed by atoms with van der Waals surface area (Å²) >= 11 is 0. The molecule has 3 heterocycles. The molecule has 2 fully saturated rings. The van der Waals surface area contributed by atoms with E-state index in [1.807, 2.05) is 12.1 Å². The molecule has 0 bridgehead atoms. The number of hydrogen-bond acceptors (Lipinski definition) is 5. The lowest BCUT2D eigenvalue weighted by Gasteiger charge is -2.32. The molecule has 2 aliphatic rings. The van der Waals surface area contributed by atoms with Crippen LogP contribution in [0.1, 0.15) is 38.4 Å². The lowest BCUT2D eigenvalue weighted by Crippen LogP contribution is -2.50. The number of rotatable bonds is 9. The molecule has 0 saturated carbocycles. The number of nitrogens with zero attached hydrogens (tertiary/aromatic N) is 3. The molecule has 1 atom stereocenters. The Morgan fingerprint density at radius 3 is 2.80 bits per heavy atom. The van der Waals surface area contributed by atoms with Gasteiger partial charge in [0.1, 0.15) is 5.76 Å². The van der Waals surface area contributed by atoms with Gasteiger partial charge in [0, 0.05) is 45.2 Å². The summed E-state index contributed by atoms with van der Waals surface area (Å²) < 4.78 is 5.44. The Labute approximate surface area is 180 Å². The quantitative estimate of drug-likeness (QED) is 0.411. The zero-order valence-corrected chi connectivity index (χ0v) is 18.5. The average Bonchev–Trinajstić information content (AvgIpc) is 3.44. The molecule has 0 spiro atoms. The molecule has 8 nitrogen and oxygen atoms in total. The third-order valence-electron chi connectivity index (χ3n) is 6.18. The van der Waals surface area contributed by atoms with Crippen LogP contribution in [-0.4, -0.2) is 86.6 Å². The van der Waals surface area contributed by atoms with Crippen LogP contribution in [0.3, 0.4) is 0 Å².